The third-order valence-corrected chi connectivity index (χ3v) is 7.15. The van der Waals surface area contributed by atoms with Crippen LogP contribution in [0.1, 0.15) is 36.1 Å². The lowest BCUT2D eigenvalue weighted by atomic mass is 9.67. The molecule has 5 rings (SSSR count). The summed E-state index contributed by atoms with van der Waals surface area (Å²) < 4.78 is 12.3. The van der Waals surface area contributed by atoms with Crippen molar-refractivity contribution >= 4 is 41.9 Å². The second kappa shape index (κ2) is 9.11. The van der Waals surface area contributed by atoms with Gasteiger partial charge in [-0.2, -0.15) is 12.6 Å². The van der Waals surface area contributed by atoms with Crippen LogP contribution in [0.4, 0.5) is 0 Å². The highest BCUT2D eigenvalue weighted by Gasteiger charge is 2.46. The highest BCUT2D eigenvalue weighted by Crippen LogP contribution is 2.56. The van der Waals surface area contributed by atoms with E-state index < -0.39 is 5.41 Å². The van der Waals surface area contributed by atoms with Crippen LogP contribution in [0.25, 0.3) is 11.1 Å². The van der Waals surface area contributed by atoms with E-state index in [1.807, 2.05) is 44.2 Å². The first-order valence-electron chi connectivity index (χ1n) is 11.5. The molecule has 1 unspecified atom stereocenters. The molecule has 35 heavy (non-hydrogen) atoms. The molecular formula is C30H26BBrO2S. The van der Waals surface area contributed by atoms with Crippen LogP contribution in [-0.2, 0) is 5.41 Å². The number of hydrogen-bond donors (Lipinski definition) is 1. The highest BCUT2D eigenvalue weighted by atomic mass is 79.9. The monoisotopic (exact) mass is 540 g/mol. The zero-order valence-corrected chi connectivity index (χ0v) is 22.5. The van der Waals surface area contributed by atoms with Gasteiger partial charge < -0.3 is 9.47 Å². The van der Waals surface area contributed by atoms with Crippen LogP contribution < -0.4 is 14.9 Å². The number of ether oxygens (including phenoxy) is 2. The molecule has 2 nitrogen and oxygen atoms in total. The summed E-state index contributed by atoms with van der Waals surface area (Å²) in [6.07, 6.45) is 0. The highest BCUT2D eigenvalue weighted by molar-refractivity contribution is 9.10. The Balaban J connectivity index is 1.75. The summed E-state index contributed by atoms with van der Waals surface area (Å²) in [7, 11) is 7.96. The number of thiol groups is 1. The minimum Gasteiger partial charge on any atom is -0.497 e. The van der Waals surface area contributed by atoms with Crippen molar-refractivity contribution in [2.45, 2.75) is 24.0 Å². The normalized spacial score (nSPS) is 16.5. The number of fused-ring (bicyclic) bond motifs is 3. The molecule has 1 aliphatic carbocycles. The molecule has 0 heterocycles. The average molecular weight is 541 g/mol. The number of methoxy groups -OCH3 is 1. The lowest BCUT2D eigenvalue weighted by Gasteiger charge is -2.34. The summed E-state index contributed by atoms with van der Waals surface area (Å²) in [6.45, 7) is 4.61. The SMILES string of the molecule is [B]c1ccc2c(c1)-c1cc(Br)ccc1C2(c1ccc(OC)cc1)c1ccc(OCC(C)(C)S)cc1. The van der Waals surface area contributed by atoms with Gasteiger partial charge in [-0.15, -0.1) is 0 Å². The summed E-state index contributed by atoms with van der Waals surface area (Å²) in [4.78, 5) is 0. The van der Waals surface area contributed by atoms with E-state index in [0.29, 0.717) is 6.61 Å². The summed E-state index contributed by atoms with van der Waals surface area (Å²) in [5.74, 6) is 1.65. The fourth-order valence-electron chi connectivity index (χ4n) is 5.01. The molecule has 0 saturated carbocycles. The number of hydrogen-bond acceptors (Lipinski definition) is 3. The van der Waals surface area contributed by atoms with Crippen molar-refractivity contribution in [2.24, 2.45) is 0 Å². The fraction of sp³-hybridized carbons (Fsp3) is 0.200. The van der Waals surface area contributed by atoms with Crippen molar-refractivity contribution in [1.82, 2.24) is 0 Å². The van der Waals surface area contributed by atoms with Gasteiger partial charge in [-0.3, -0.25) is 0 Å². The third kappa shape index (κ3) is 4.30. The first-order chi connectivity index (χ1) is 16.7. The van der Waals surface area contributed by atoms with Crippen LogP contribution in [0.2, 0.25) is 0 Å². The molecule has 174 valence electrons. The Labute approximate surface area is 222 Å². The van der Waals surface area contributed by atoms with E-state index in [-0.39, 0.29) is 4.75 Å². The molecule has 0 amide bonds. The van der Waals surface area contributed by atoms with Crippen LogP contribution >= 0.6 is 28.6 Å². The van der Waals surface area contributed by atoms with Crippen molar-refractivity contribution in [3.05, 3.63) is 112 Å². The van der Waals surface area contributed by atoms with Gasteiger partial charge >= 0.3 is 0 Å². The maximum atomic E-state index is 6.27. The van der Waals surface area contributed by atoms with Gasteiger partial charge in [0.2, 0.25) is 0 Å². The van der Waals surface area contributed by atoms with E-state index in [4.69, 9.17) is 17.3 Å². The van der Waals surface area contributed by atoms with Crippen LogP contribution in [-0.4, -0.2) is 26.3 Å². The second-order valence-corrected chi connectivity index (χ2v) is 11.7. The molecule has 1 atom stereocenters. The first-order valence-corrected chi connectivity index (χ1v) is 12.8. The number of halogens is 1. The van der Waals surface area contributed by atoms with Crippen molar-refractivity contribution < 1.29 is 9.47 Å². The third-order valence-electron chi connectivity index (χ3n) is 6.53. The molecule has 0 aromatic heterocycles. The molecule has 4 aromatic carbocycles. The molecule has 5 heteroatoms. The lowest BCUT2D eigenvalue weighted by Crippen LogP contribution is -2.29. The Kier molecular flexibility index (Phi) is 6.27. The van der Waals surface area contributed by atoms with E-state index >= 15 is 0 Å². The van der Waals surface area contributed by atoms with E-state index in [2.05, 4.69) is 83.2 Å². The summed E-state index contributed by atoms with van der Waals surface area (Å²) in [6, 6.07) is 29.5. The molecule has 0 N–H and O–H groups in total. The zero-order chi connectivity index (χ0) is 24.8. The van der Waals surface area contributed by atoms with Crippen molar-refractivity contribution in [3.63, 3.8) is 0 Å². The molecule has 0 spiro atoms. The number of benzene rings is 4. The van der Waals surface area contributed by atoms with Crippen LogP contribution in [0.5, 0.6) is 11.5 Å². The predicted octanol–water partition coefficient (Wildman–Crippen LogP) is 6.70. The minimum atomic E-state index is -0.507. The molecule has 2 radical (unpaired) electrons. The molecule has 0 aliphatic heterocycles. The van der Waals surface area contributed by atoms with Crippen LogP contribution in [0.3, 0.4) is 0 Å². The summed E-state index contributed by atoms with van der Waals surface area (Å²) in [5.41, 5.74) is 7.31. The van der Waals surface area contributed by atoms with E-state index in [1.54, 1.807) is 7.11 Å². The Morgan fingerprint density at radius 3 is 1.91 bits per heavy atom. The van der Waals surface area contributed by atoms with Gasteiger partial charge in [0, 0.05) is 9.22 Å². The first kappa shape index (κ1) is 24.1. The largest absolute Gasteiger partial charge is 0.497 e. The molecule has 4 aromatic rings. The van der Waals surface area contributed by atoms with Crippen molar-refractivity contribution in [1.29, 1.82) is 0 Å². The Morgan fingerprint density at radius 1 is 0.800 bits per heavy atom. The minimum absolute atomic E-state index is 0.209. The van der Waals surface area contributed by atoms with Gasteiger partial charge in [-0.05, 0) is 83.6 Å². The predicted molar refractivity (Wildman–Crippen MR) is 152 cm³/mol. The van der Waals surface area contributed by atoms with E-state index in [0.717, 1.165) is 38.1 Å². The van der Waals surface area contributed by atoms with Crippen LogP contribution in [0.15, 0.2) is 89.4 Å². The van der Waals surface area contributed by atoms with Gasteiger partial charge in [0.15, 0.2) is 0 Å². The molecule has 0 saturated heterocycles. The van der Waals surface area contributed by atoms with Gasteiger partial charge in [0.25, 0.3) is 0 Å². The Hall–Kier alpha value is -2.63. The molecule has 0 bridgehead atoms. The quantitative estimate of drug-likeness (QED) is 0.191. The standard InChI is InChI=1S/C30H26BBrO2S/c1-29(2,35)18-34-24-12-6-20(7-13-24)30(19-4-10-23(33-3)11-5-19)27-14-8-21(31)16-25(27)26-17-22(32)9-15-28(26)30/h4-17,35H,18H2,1-3H3. The van der Waals surface area contributed by atoms with Gasteiger partial charge in [-0.1, -0.05) is 69.9 Å². The fourth-order valence-corrected chi connectivity index (χ4v) is 5.44. The second-order valence-electron chi connectivity index (χ2n) is 9.60. The average Bonchev–Trinajstić information content (AvgIpc) is 3.12. The van der Waals surface area contributed by atoms with E-state index in [1.165, 1.54) is 16.7 Å². The molecule has 0 fully saturated rings. The summed E-state index contributed by atoms with van der Waals surface area (Å²) in [5, 5.41) is 0. The van der Waals surface area contributed by atoms with Gasteiger partial charge in [-0.25, -0.2) is 0 Å². The Bertz CT molecular complexity index is 1320. The van der Waals surface area contributed by atoms with Crippen LogP contribution in [0, 0.1) is 0 Å². The number of rotatable bonds is 6. The molecule has 1 aliphatic rings. The van der Waals surface area contributed by atoms with Gasteiger partial charge in [0.05, 0.1) is 12.5 Å². The smallest absolute Gasteiger partial charge is 0.119 e. The maximum absolute atomic E-state index is 6.27. The lowest BCUT2D eigenvalue weighted by molar-refractivity contribution is 0.288. The maximum Gasteiger partial charge on any atom is 0.119 e. The summed E-state index contributed by atoms with van der Waals surface area (Å²) >= 11 is 8.26. The van der Waals surface area contributed by atoms with Crippen molar-refractivity contribution in [3.8, 4) is 22.6 Å². The van der Waals surface area contributed by atoms with Crippen molar-refractivity contribution in [2.75, 3.05) is 13.7 Å². The topological polar surface area (TPSA) is 18.5 Å². The Morgan fingerprint density at radius 2 is 1.34 bits per heavy atom. The van der Waals surface area contributed by atoms with E-state index in [9.17, 15) is 0 Å². The molecular weight excluding hydrogens is 515 g/mol. The van der Waals surface area contributed by atoms with Gasteiger partial charge in [0.1, 0.15) is 26.0 Å². The zero-order valence-electron chi connectivity index (χ0n) is 20.0.